The van der Waals surface area contributed by atoms with Crippen LogP contribution in [0.3, 0.4) is 0 Å². The molecule has 1 aliphatic carbocycles. The first-order valence-corrected chi connectivity index (χ1v) is 12.1. The topological polar surface area (TPSA) is 137 Å². The van der Waals surface area contributed by atoms with Crippen molar-refractivity contribution in [1.29, 1.82) is 5.41 Å². The normalized spacial score (nSPS) is 15.4. The molecule has 2 amide bonds. The van der Waals surface area contributed by atoms with E-state index in [2.05, 4.69) is 16.0 Å². The Hall–Kier alpha value is -2.36. The molecule has 186 valence electrons. The maximum Gasteiger partial charge on any atom is 0.328 e. The van der Waals surface area contributed by atoms with Gasteiger partial charge in [-0.2, -0.15) is 0 Å². The molecular formula is C23H38N4O5S. The molecule has 10 heteroatoms. The Morgan fingerprint density at radius 3 is 2.30 bits per heavy atom. The number of carbonyl (C=O) groups is 4. The van der Waals surface area contributed by atoms with E-state index in [9.17, 15) is 19.2 Å². The number of rotatable bonds is 15. The molecule has 1 aliphatic rings. The number of hydrogen-bond donors (Lipinski definition) is 4. The SMILES string of the molecule is CC(=O)NCCCC[C@H](NC(=S)C1CCCC1)C(=O)N[C@@H](CCC(=O)C=N)C(=O)OC(C)C. The fourth-order valence-electron chi connectivity index (χ4n) is 3.68. The maximum atomic E-state index is 13.1. The Morgan fingerprint density at radius 1 is 1.06 bits per heavy atom. The van der Waals surface area contributed by atoms with Gasteiger partial charge in [0.05, 0.1) is 17.3 Å². The largest absolute Gasteiger partial charge is 0.461 e. The van der Waals surface area contributed by atoms with E-state index in [1.54, 1.807) is 13.8 Å². The zero-order valence-electron chi connectivity index (χ0n) is 19.9. The monoisotopic (exact) mass is 482 g/mol. The van der Waals surface area contributed by atoms with E-state index in [4.69, 9.17) is 22.4 Å². The molecule has 0 aliphatic heterocycles. The van der Waals surface area contributed by atoms with Crippen molar-refractivity contribution in [1.82, 2.24) is 16.0 Å². The highest BCUT2D eigenvalue weighted by Crippen LogP contribution is 2.25. The highest BCUT2D eigenvalue weighted by atomic mass is 32.1. The lowest BCUT2D eigenvalue weighted by Crippen LogP contribution is -2.52. The number of amides is 2. The minimum absolute atomic E-state index is 0.0447. The van der Waals surface area contributed by atoms with Crippen LogP contribution >= 0.6 is 12.2 Å². The quantitative estimate of drug-likeness (QED) is 0.121. The summed E-state index contributed by atoms with van der Waals surface area (Å²) in [6, 6.07) is -1.63. The Bertz CT molecular complexity index is 707. The lowest BCUT2D eigenvalue weighted by atomic mass is 10.0. The van der Waals surface area contributed by atoms with Crippen molar-refractivity contribution in [2.24, 2.45) is 5.92 Å². The predicted molar refractivity (Wildman–Crippen MR) is 130 cm³/mol. The van der Waals surface area contributed by atoms with Crippen molar-refractivity contribution in [3.8, 4) is 0 Å². The fourth-order valence-corrected chi connectivity index (χ4v) is 4.06. The number of Topliss-reactive ketones (excluding diaryl/α,β-unsaturated/α-hetero) is 1. The molecule has 0 unspecified atom stereocenters. The summed E-state index contributed by atoms with van der Waals surface area (Å²) in [6.45, 7) is 5.39. The average Bonchev–Trinajstić information content (AvgIpc) is 3.29. The predicted octanol–water partition coefficient (Wildman–Crippen LogP) is 2.20. The third-order valence-corrected chi connectivity index (χ3v) is 5.90. The number of carbonyl (C=O) groups excluding carboxylic acids is 4. The molecular weight excluding hydrogens is 444 g/mol. The molecule has 9 nitrogen and oxygen atoms in total. The van der Waals surface area contributed by atoms with Crippen molar-refractivity contribution in [3.63, 3.8) is 0 Å². The number of thiocarbonyl (C=S) groups is 1. The zero-order valence-corrected chi connectivity index (χ0v) is 20.7. The number of ether oxygens (including phenoxy) is 1. The second-order valence-electron chi connectivity index (χ2n) is 8.72. The molecule has 0 aromatic rings. The van der Waals surface area contributed by atoms with Gasteiger partial charge in [-0.25, -0.2) is 4.79 Å². The molecule has 0 radical (unpaired) electrons. The van der Waals surface area contributed by atoms with Gasteiger partial charge in [0.1, 0.15) is 12.1 Å². The van der Waals surface area contributed by atoms with Crippen LogP contribution in [0.4, 0.5) is 0 Å². The van der Waals surface area contributed by atoms with E-state index >= 15 is 0 Å². The number of ketones is 1. The third kappa shape index (κ3) is 11.9. The van der Waals surface area contributed by atoms with Gasteiger partial charge in [-0.1, -0.05) is 25.1 Å². The van der Waals surface area contributed by atoms with E-state index in [-0.39, 0.29) is 36.7 Å². The van der Waals surface area contributed by atoms with Gasteiger partial charge in [-0.3, -0.25) is 14.4 Å². The highest BCUT2D eigenvalue weighted by Gasteiger charge is 2.29. The van der Waals surface area contributed by atoms with Crippen molar-refractivity contribution in [2.75, 3.05) is 6.54 Å². The Kier molecular flexibility index (Phi) is 13.4. The van der Waals surface area contributed by atoms with Gasteiger partial charge < -0.3 is 26.1 Å². The molecule has 1 rings (SSSR count). The summed E-state index contributed by atoms with van der Waals surface area (Å²) in [5.41, 5.74) is 0. The van der Waals surface area contributed by atoms with Crippen LogP contribution in [0.2, 0.25) is 0 Å². The number of esters is 1. The van der Waals surface area contributed by atoms with E-state index in [1.165, 1.54) is 6.92 Å². The van der Waals surface area contributed by atoms with Gasteiger partial charge in [0, 0.05) is 25.8 Å². The van der Waals surface area contributed by atoms with Crippen LogP contribution in [0.1, 0.15) is 78.6 Å². The first-order valence-electron chi connectivity index (χ1n) is 11.7. The summed E-state index contributed by atoms with van der Waals surface area (Å²) in [4.78, 5) is 48.9. The van der Waals surface area contributed by atoms with Crippen molar-refractivity contribution >= 4 is 47.0 Å². The van der Waals surface area contributed by atoms with E-state index < -0.39 is 23.8 Å². The van der Waals surface area contributed by atoms with Crippen LogP contribution in [0, 0.1) is 11.3 Å². The summed E-state index contributed by atoms with van der Waals surface area (Å²) >= 11 is 5.56. The summed E-state index contributed by atoms with van der Waals surface area (Å²) in [6.07, 6.45) is 6.41. The van der Waals surface area contributed by atoms with Crippen LogP contribution in [0.25, 0.3) is 0 Å². The van der Waals surface area contributed by atoms with Crippen molar-refractivity contribution in [2.45, 2.75) is 96.7 Å². The molecule has 0 saturated heterocycles. The summed E-state index contributed by atoms with van der Waals surface area (Å²) < 4.78 is 5.25. The average molecular weight is 483 g/mol. The van der Waals surface area contributed by atoms with Gasteiger partial charge in [0.25, 0.3) is 0 Å². The second-order valence-corrected chi connectivity index (χ2v) is 9.16. The van der Waals surface area contributed by atoms with Crippen LogP contribution in [-0.4, -0.2) is 59.5 Å². The van der Waals surface area contributed by atoms with Crippen molar-refractivity contribution < 1.29 is 23.9 Å². The Balaban J connectivity index is 2.83. The maximum absolute atomic E-state index is 13.1. The number of nitrogens with one attached hydrogen (secondary N) is 4. The molecule has 0 spiro atoms. The van der Waals surface area contributed by atoms with Gasteiger partial charge in [0.2, 0.25) is 11.8 Å². The Morgan fingerprint density at radius 2 is 1.73 bits per heavy atom. The molecule has 0 aromatic heterocycles. The molecule has 4 N–H and O–H groups in total. The molecule has 33 heavy (non-hydrogen) atoms. The van der Waals surface area contributed by atoms with Crippen LogP contribution < -0.4 is 16.0 Å². The minimum atomic E-state index is -0.993. The smallest absolute Gasteiger partial charge is 0.328 e. The van der Waals surface area contributed by atoms with Gasteiger partial charge in [0.15, 0.2) is 5.78 Å². The number of unbranched alkanes of at least 4 members (excludes halogenated alkanes) is 1. The molecule has 1 fully saturated rings. The van der Waals surface area contributed by atoms with Crippen molar-refractivity contribution in [3.05, 3.63) is 0 Å². The minimum Gasteiger partial charge on any atom is -0.461 e. The fraction of sp³-hybridized carbons (Fsp3) is 0.739. The Labute approximate surface area is 201 Å². The van der Waals surface area contributed by atoms with Crippen LogP contribution in [0.15, 0.2) is 0 Å². The molecule has 2 atom stereocenters. The summed E-state index contributed by atoms with van der Waals surface area (Å²) in [7, 11) is 0. The molecule has 0 bridgehead atoms. The van der Waals surface area contributed by atoms with Crippen LogP contribution in [-0.2, 0) is 23.9 Å². The van der Waals surface area contributed by atoms with E-state index in [0.717, 1.165) is 25.7 Å². The molecule has 0 heterocycles. The molecule has 1 saturated carbocycles. The lowest BCUT2D eigenvalue weighted by molar-refractivity contribution is -0.151. The van der Waals surface area contributed by atoms with Crippen LogP contribution in [0.5, 0.6) is 0 Å². The lowest BCUT2D eigenvalue weighted by Gasteiger charge is -2.25. The third-order valence-electron chi connectivity index (χ3n) is 5.45. The summed E-state index contributed by atoms with van der Waals surface area (Å²) in [5, 5.41) is 15.7. The van der Waals surface area contributed by atoms with Gasteiger partial charge in [-0.05, 0) is 52.4 Å². The highest BCUT2D eigenvalue weighted by molar-refractivity contribution is 7.80. The van der Waals surface area contributed by atoms with E-state index in [1.807, 2.05) is 0 Å². The zero-order chi connectivity index (χ0) is 24.8. The standard InChI is InChI=1S/C23H38N4O5S/c1-15(2)32-23(31)20(12-11-18(29)14-24)26-21(30)19(10-6-7-13-25-16(3)28)27-22(33)17-8-4-5-9-17/h14-15,17,19-20,24H,4-13H2,1-3H3,(H,25,28)(H,26,30)(H,27,33)/t19-,20-/m0/s1. The first kappa shape index (κ1) is 28.7. The first-order chi connectivity index (χ1) is 15.6. The van der Waals surface area contributed by atoms with Gasteiger partial charge >= 0.3 is 5.97 Å². The number of hydrogen-bond acceptors (Lipinski definition) is 7. The second kappa shape index (κ2) is 15.5. The molecule has 0 aromatic carbocycles. The summed E-state index contributed by atoms with van der Waals surface area (Å²) in [5.74, 6) is -1.28. The van der Waals surface area contributed by atoms with E-state index in [0.29, 0.717) is 37.0 Å². The van der Waals surface area contributed by atoms with Gasteiger partial charge in [-0.15, -0.1) is 0 Å².